The monoisotopic (exact) mass is 330 g/mol. The number of ether oxygens (including phenoxy) is 1. The smallest absolute Gasteiger partial charge is 0.221 e. The first-order valence-corrected chi connectivity index (χ1v) is 7.88. The second-order valence-corrected chi connectivity index (χ2v) is 5.77. The molecule has 0 bridgehead atoms. The van der Waals surface area contributed by atoms with Crippen molar-refractivity contribution in [1.29, 1.82) is 0 Å². The third-order valence-electron chi connectivity index (χ3n) is 3.87. The number of halogens is 1. The maximum absolute atomic E-state index is 14.2. The molecule has 0 heterocycles. The Hall–Kier alpha value is -2.40. The Morgan fingerprint density at radius 2 is 1.83 bits per heavy atom. The van der Waals surface area contributed by atoms with Crippen molar-refractivity contribution in [2.75, 3.05) is 12.4 Å². The van der Waals surface area contributed by atoms with Crippen molar-refractivity contribution in [3.05, 3.63) is 59.4 Å². The van der Waals surface area contributed by atoms with Crippen molar-refractivity contribution in [1.82, 2.24) is 5.32 Å². The van der Waals surface area contributed by atoms with Gasteiger partial charge in [-0.05, 0) is 43.7 Å². The lowest BCUT2D eigenvalue weighted by Crippen LogP contribution is -2.24. The summed E-state index contributed by atoms with van der Waals surface area (Å²) in [5, 5.41) is 6.14. The molecule has 0 aliphatic rings. The van der Waals surface area contributed by atoms with Crippen LogP contribution in [-0.4, -0.2) is 13.0 Å². The molecule has 0 saturated carbocycles. The maximum Gasteiger partial charge on any atom is 0.221 e. The van der Waals surface area contributed by atoms with Gasteiger partial charge in [0.1, 0.15) is 11.6 Å². The zero-order chi connectivity index (χ0) is 17.7. The normalized spacial score (nSPS) is 13.2. The molecule has 2 rings (SSSR count). The van der Waals surface area contributed by atoms with Gasteiger partial charge in [0, 0.05) is 30.3 Å². The van der Waals surface area contributed by atoms with E-state index in [1.165, 1.54) is 20.1 Å². The molecule has 0 fully saturated rings. The highest BCUT2D eigenvalue weighted by Crippen LogP contribution is 2.29. The Bertz CT molecular complexity index is 718. The molecule has 4 nitrogen and oxygen atoms in total. The molecular formula is C19H23FN2O2. The molecule has 128 valence electrons. The van der Waals surface area contributed by atoms with E-state index in [0.717, 1.165) is 11.3 Å². The van der Waals surface area contributed by atoms with Gasteiger partial charge >= 0.3 is 0 Å². The van der Waals surface area contributed by atoms with Crippen molar-refractivity contribution in [3.63, 3.8) is 0 Å². The van der Waals surface area contributed by atoms with Gasteiger partial charge in [-0.25, -0.2) is 4.39 Å². The topological polar surface area (TPSA) is 50.4 Å². The Morgan fingerprint density at radius 3 is 2.50 bits per heavy atom. The molecule has 0 aliphatic heterocycles. The van der Waals surface area contributed by atoms with Crippen LogP contribution in [0.25, 0.3) is 0 Å². The summed E-state index contributed by atoms with van der Waals surface area (Å²) in [4.78, 5) is 11.2. The molecule has 0 unspecified atom stereocenters. The number of methoxy groups -OCH3 is 1. The lowest BCUT2D eigenvalue weighted by molar-refractivity contribution is -0.114. The molecule has 0 saturated heterocycles. The van der Waals surface area contributed by atoms with Crippen LogP contribution in [0.5, 0.6) is 5.75 Å². The second kappa shape index (κ2) is 7.93. The number of hydrogen-bond donors (Lipinski definition) is 2. The minimum absolute atomic E-state index is 0.0296. The minimum Gasteiger partial charge on any atom is -0.496 e. The molecular weight excluding hydrogens is 307 g/mol. The largest absolute Gasteiger partial charge is 0.496 e. The quantitative estimate of drug-likeness (QED) is 0.834. The third-order valence-corrected chi connectivity index (χ3v) is 3.87. The predicted molar refractivity (Wildman–Crippen MR) is 93.7 cm³/mol. The number of anilines is 1. The number of carbonyl (C=O) groups excluding carboxylic acids is 1. The predicted octanol–water partition coefficient (Wildman–Crippen LogP) is 4.20. The first kappa shape index (κ1) is 17.9. The van der Waals surface area contributed by atoms with Gasteiger partial charge in [0.2, 0.25) is 5.91 Å². The fourth-order valence-electron chi connectivity index (χ4n) is 2.76. The van der Waals surface area contributed by atoms with Crippen LogP contribution in [0.4, 0.5) is 10.1 Å². The lowest BCUT2D eigenvalue weighted by atomic mass is 10.0. The summed E-state index contributed by atoms with van der Waals surface area (Å²) in [5.41, 5.74) is 2.25. The van der Waals surface area contributed by atoms with E-state index in [9.17, 15) is 9.18 Å². The van der Waals surface area contributed by atoms with Crippen LogP contribution in [0.15, 0.2) is 42.5 Å². The zero-order valence-corrected chi connectivity index (χ0v) is 14.4. The van der Waals surface area contributed by atoms with E-state index in [-0.39, 0.29) is 23.8 Å². The van der Waals surface area contributed by atoms with Gasteiger partial charge in [-0.3, -0.25) is 4.79 Å². The molecule has 2 aromatic rings. The Balaban J connectivity index is 2.17. The molecule has 0 aromatic heterocycles. The van der Waals surface area contributed by atoms with Crippen molar-refractivity contribution in [2.45, 2.75) is 32.9 Å². The number of nitrogens with one attached hydrogen (secondary N) is 2. The Kier molecular flexibility index (Phi) is 5.93. The molecule has 2 N–H and O–H groups in total. The van der Waals surface area contributed by atoms with Crippen LogP contribution >= 0.6 is 0 Å². The number of benzene rings is 2. The standard InChI is InChI=1S/C19H23FN2O2/c1-12(15-7-5-8-16(11-15)22-14(3)23)21-13(2)19-17(20)9-6-10-18(19)24-4/h5-13,21H,1-4H3,(H,22,23)/t12-,13+/m0/s1. The fraction of sp³-hybridized carbons (Fsp3) is 0.316. The summed E-state index contributed by atoms with van der Waals surface area (Å²) in [6.45, 7) is 5.37. The van der Waals surface area contributed by atoms with Gasteiger partial charge in [-0.15, -0.1) is 0 Å². The van der Waals surface area contributed by atoms with Gasteiger partial charge < -0.3 is 15.4 Å². The summed E-state index contributed by atoms with van der Waals surface area (Å²) in [6, 6.07) is 12.1. The highest BCUT2D eigenvalue weighted by Gasteiger charge is 2.18. The Morgan fingerprint density at radius 1 is 1.12 bits per heavy atom. The minimum atomic E-state index is -0.298. The summed E-state index contributed by atoms with van der Waals surface area (Å²) < 4.78 is 19.5. The van der Waals surface area contributed by atoms with E-state index >= 15 is 0 Å². The second-order valence-electron chi connectivity index (χ2n) is 5.77. The lowest BCUT2D eigenvalue weighted by Gasteiger charge is -2.23. The Labute approximate surface area is 142 Å². The maximum atomic E-state index is 14.2. The van der Waals surface area contributed by atoms with Gasteiger partial charge in [0.25, 0.3) is 0 Å². The van der Waals surface area contributed by atoms with E-state index in [1.54, 1.807) is 12.1 Å². The molecule has 2 atom stereocenters. The fourth-order valence-corrected chi connectivity index (χ4v) is 2.76. The number of amides is 1. The van der Waals surface area contributed by atoms with Crippen molar-refractivity contribution < 1.29 is 13.9 Å². The number of hydrogen-bond acceptors (Lipinski definition) is 3. The molecule has 5 heteroatoms. The van der Waals surface area contributed by atoms with Crippen LogP contribution in [0.1, 0.15) is 44.0 Å². The SMILES string of the molecule is COc1cccc(F)c1[C@@H](C)N[C@@H](C)c1cccc(NC(C)=O)c1. The van der Waals surface area contributed by atoms with Crippen LogP contribution in [-0.2, 0) is 4.79 Å². The summed E-state index contributed by atoms with van der Waals surface area (Å²) in [5.74, 6) is 0.111. The summed E-state index contributed by atoms with van der Waals surface area (Å²) >= 11 is 0. The van der Waals surface area contributed by atoms with Gasteiger partial charge in [-0.1, -0.05) is 18.2 Å². The first-order valence-electron chi connectivity index (χ1n) is 7.88. The average molecular weight is 330 g/mol. The molecule has 24 heavy (non-hydrogen) atoms. The average Bonchev–Trinajstić information content (AvgIpc) is 2.53. The van der Waals surface area contributed by atoms with E-state index < -0.39 is 0 Å². The highest BCUT2D eigenvalue weighted by atomic mass is 19.1. The first-order chi connectivity index (χ1) is 11.4. The third kappa shape index (κ3) is 4.32. The van der Waals surface area contributed by atoms with E-state index in [4.69, 9.17) is 4.74 Å². The van der Waals surface area contributed by atoms with Crippen LogP contribution in [0, 0.1) is 5.82 Å². The summed E-state index contributed by atoms with van der Waals surface area (Å²) in [6.07, 6.45) is 0. The molecule has 2 aromatic carbocycles. The van der Waals surface area contributed by atoms with Crippen LogP contribution in [0.2, 0.25) is 0 Å². The zero-order valence-electron chi connectivity index (χ0n) is 14.4. The number of carbonyl (C=O) groups is 1. The molecule has 1 amide bonds. The van der Waals surface area contributed by atoms with Gasteiger partial charge in [0.05, 0.1) is 7.11 Å². The molecule has 0 aliphatic carbocycles. The summed E-state index contributed by atoms with van der Waals surface area (Å²) in [7, 11) is 1.53. The van der Waals surface area contributed by atoms with Gasteiger partial charge in [-0.2, -0.15) is 0 Å². The van der Waals surface area contributed by atoms with E-state index in [1.807, 2.05) is 38.1 Å². The van der Waals surface area contributed by atoms with E-state index in [2.05, 4.69) is 10.6 Å². The van der Waals surface area contributed by atoms with Crippen molar-refractivity contribution in [2.24, 2.45) is 0 Å². The van der Waals surface area contributed by atoms with Crippen LogP contribution < -0.4 is 15.4 Å². The van der Waals surface area contributed by atoms with Crippen molar-refractivity contribution >= 4 is 11.6 Å². The number of rotatable bonds is 6. The molecule has 0 radical (unpaired) electrons. The van der Waals surface area contributed by atoms with Crippen molar-refractivity contribution in [3.8, 4) is 5.75 Å². The van der Waals surface area contributed by atoms with E-state index in [0.29, 0.717) is 11.3 Å². The molecule has 0 spiro atoms. The van der Waals surface area contributed by atoms with Gasteiger partial charge in [0.15, 0.2) is 0 Å². The highest BCUT2D eigenvalue weighted by molar-refractivity contribution is 5.88. The van der Waals surface area contributed by atoms with Crippen LogP contribution in [0.3, 0.4) is 0 Å².